The largest absolute Gasteiger partial charge is 0.271 e. The third kappa shape index (κ3) is 2.87. The molecule has 4 heteroatoms. The number of benzene rings is 1. The Morgan fingerprint density at radius 3 is 2.89 bits per heavy atom. The Balaban J connectivity index is 2.15. The molecule has 1 aliphatic rings. The van der Waals surface area contributed by atoms with Crippen molar-refractivity contribution in [2.75, 3.05) is 5.75 Å². The van der Waals surface area contributed by atoms with E-state index < -0.39 is 0 Å². The van der Waals surface area contributed by atoms with E-state index in [2.05, 4.69) is 12.3 Å². The molecular formula is C14H21FN2S. The molecule has 1 aromatic rings. The van der Waals surface area contributed by atoms with Crippen molar-refractivity contribution in [1.29, 1.82) is 0 Å². The van der Waals surface area contributed by atoms with Gasteiger partial charge in [-0.2, -0.15) is 11.8 Å². The van der Waals surface area contributed by atoms with Crippen LogP contribution in [0.1, 0.15) is 30.9 Å². The fourth-order valence-corrected chi connectivity index (χ4v) is 4.03. The van der Waals surface area contributed by atoms with Gasteiger partial charge in [-0.25, -0.2) is 4.39 Å². The van der Waals surface area contributed by atoms with Crippen LogP contribution in [0.25, 0.3) is 0 Å². The molecule has 18 heavy (non-hydrogen) atoms. The summed E-state index contributed by atoms with van der Waals surface area (Å²) in [7, 11) is 0. The zero-order valence-electron chi connectivity index (χ0n) is 11.0. The quantitative estimate of drug-likeness (QED) is 0.651. The normalized spacial score (nSPS) is 25.3. The highest BCUT2D eigenvalue weighted by molar-refractivity contribution is 8.00. The first kappa shape index (κ1) is 13.8. The second-order valence-corrected chi connectivity index (χ2v) is 6.89. The van der Waals surface area contributed by atoms with E-state index in [-0.39, 0.29) is 16.6 Å². The molecular weight excluding hydrogens is 247 g/mol. The van der Waals surface area contributed by atoms with Gasteiger partial charge in [0.25, 0.3) is 0 Å². The maximum atomic E-state index is 13.1. The minimum atomic E-state index is -0.171. The first-order valence-electron chi connectivity index (χ1n) is 6.40. The molecule has 0 aromatic heterocycles. The molecule has 0 saturated carbocycles. The number of thioether (sulfide) groups is 1. The van der Waals surface area contributed by atoms with Gasteiger partial charge in [0.05, 0.1) is 0 Å². The Morgan fingerprint density at radius 2 is 2.33 bits per heavy atom. The number of rotatable bonds is 4. The van der Waals surface area contributed by atoms with Crippen molar-refractivity contribution in [3.05, 3.63) is 35.1 Å². The van der Waals surface area contributed by atoms with E-state index in [4.69, 9.17) is 5.84 Å². The lowest BCUT2D eigenvalue weighted by atomic mass is 9.90. The molecule has 1 aliphatic heterocycles. The zero-order valence-corrected chi connectivity index (χ0v) is 11.8. The van der Waals surface area contributed by atoms with Crippen LogP contribution in [0, 0.1) is 12.7 Å². The van der Waals surface area contributed by atoms with Gasteiger partial charge in [-0.15, -0.1) is 0 Å². The van der Waals surface area contributed by atoms with Gasteiger partial charge in [0.2, 0.25) is 0 Å². The molecule has 3 N–H and O–H groups in total. The van der Waals surface area contributed by atoms with Gasteiger partial charge in [0.1, 0.15) is 5.82 Å². The Hall–Kier alpha value is -0.580. The predicted octanol–water partition coefficient (Wildman–Crippen LogP) is 2.79. The number of hydrazine groups is 1. The van der Waals surface area contributed by atoms with Crippen LogP contribution in [0.15, 0.2) is 18.2 Å². The molecule has 2 atom stereocenters. The summed E-state index contributed by atoms with van der Waals surface area (Å²) in [6.45, 7) is 4.23. The minimum absolute atomic E-state index is 0.171. The highest BCUT2D eigenvalue weighted by Gasteiger charge is 2.37. The molecule has 1 aromatic carbocycles. The highest BCUT2D eigenvalue weighted by Crippen LogP contribution is 2.41. The molecule has 0 bridgehead atoms. The van der Waals surface area contributed by atoms with Crippen molar-refractivity contribution < 1.29 is 4.39 Å². The SMILES string of the molecule is Cc1cc(F)ccc1CC(NN)C1(C)CCCS1. The number of halogens is 1. The number of hydrogen-bond donors (Lipinski definition) is 2. The first-order valence-corrected chi connectivity index (χ1v) is 7.39. The van der Waals surface area contributed by atoms with Crippen LogP contribution in [0.4, 0.5) is 4.39 Å². The van der Waals surface area contributed by atoms with Crippen molar-refractivity contribution >= 4 is 11.8 Å². The number of aryl methyl sites for hydroxylation is 1. The second kappa shape index (κ2) is 5.59. The van der Waals surface area contributed by atoms with E-state index in [0.717, 1.165) is 12.0 Å². The van der Waals surface area contributed by atoms with Crippen molar-refractivity contribution in [1.82, 2.24) is 5.43 Å². The van der Waals surface area contributed by atoms with Gasteiger partial charge >= 0.3 is 0 Å². The van der Waals surface area contributed by atoms with E-state index in [1.54, 1.807) is 6.07 Å². The average Bonchev–Trinajstić information content (AvgIpc) is 2.76. The number of nitrogens with two attached hydrogens (primary N) is 1. The van der Waals surface area contributed by atoms with Crippen LogP contribution >= 0.6 is 11.8 Å². The smallest absolute Gasteiger partial charge is 0.123 e. The topological polar surface area (TPSA) is 38.0 Å². The van der Waals surface area contributed by atoms with Gasteiger partial charge in [-0.1, -0.05) is 6.07 Å². The molecule has 2 nitrogen and oxygen atoms in total. The van der Waals surface area contributed by atoms with E-state index in [0.29, 0.717) is 0 Å². The van der Waals surface area contributed by atoms with Crippen molar-refractivity contribution in [2.45, 2.75) is 43.9 Å². The molecule has 0 amide bonds. The third-order valence-corrected chi connectivity index (χ3v) is 5.56. The number of nitrogens with one attached hydrogen (secondary N) is 1. The summed E-state index contributed by atoms with van der Waals surface area (Å²) in [5.74, 6) is 6.76. The Bertz CT molecular complexity index is 416. The van der Waals surface area contributed by atoms with Crippen LogP contribution in [0.5, 0.6) is 0 Å². The Morgan fingerprint density at radius 1 is 1.56 bits per heavy atom. The third-order valence-electron chi connectivity index (χ3n) is 3.92. The summed E-state index contributed by atoms with van der Waals surface area (Å²) in [5, 5.41) is 0. The lowest BCUT2D eigenvalue weighted by Crippen LogP contribution is -2.50. The van der Waals surface area contributed by atoms with Gasteiger partial charge in [0.15, 0.2) is 0 Å². The predicted molar refractivity (Wildman–Crippen MR) is 76.0 cm³/mol. The average molecular weight is 268 g/mol. The summed E-state index contributed by atoms with van der Waals surface area (Å²) >= 11 is 1.99. The summed E-state index contributed by atoms with van der Waals surface area (Å²) in [6, 6.07) is 5.22. The second-order valence-electron chi connectivity index (χ2n) is 5.26. The van der Waals surface area contributed by atoms with Crippen LogP contribution in [0.3, 0.4) is 0 Å². The summed E-state index contributed by atoms with van der Waals surface area (Å²) in [6.07, 6.45) is 3.29. The van der Waals surface area contributed by atoms with Gasteiger partial charge < -0.3 is 0 Å². The fraction of sp³-hybridized carbons (Fsp3) is 0.571. The molecule has 2 rings (SSSR count). The molecule has 1 fully saturated rings. The maximum absolute atomic E-state index is 13.1. The molecule has 0 aliphatic carbocycles. The summed E-state index contributed by atoms with van der Waals surface area (Å²) in [4.78, 5) is 0. The van der Waals surface area contributed by atoms with Gasteiger partial charge in [-0.05, 0) is 62.1 Å². The summed E-state index contributed by atoms with van der Waals surface area (Å²) < 4.78 is 13.3. The Labute approximate surface area is 112 Å². The van der Waals surface area contributed by atoms with Crippen molar-refractivity contribution in [3.8, 4) is 0 Å². The highest BCUT2D eigenvalue weighted by atomic mass is 32.2. The molecule has 0 spiro atoms. The van der Waals surface area contributed by atoms with E-state index in [9.17, 15) is 4.39 Å². The van der Waals surface area contributed by atoms with E-state index in [1.165, 1.54) is 30.2 Å². The molecule has 2 unspecified atom stereocenters. The lowest BCUT2D eigenvalue weighted by molar-refractivity contribution is 0.405. The molecule has 0 radical (unpaired) electrons. The fourth-order valence-electron chi connectivity index (χ4n) is 2.63. The van der Waals surface area contributed by atoms with Crippen LogP contribution in [-0.2, 0) is 6.42 Å². The number of hydrogen-bond acceptors (Lipinski definition) is 3. The standard InChI is InChI=1S/C14H21FN2S/c1-10-8-12(15)5-4-11(10)9-13(17-16)14(2)6-3-7-18-14/h4-5,8,13,17H,3,6-7,9,16H2,1-2H3. The molecule has 100 valence electrons. The van der Waals surface area contributed by atoms with Crippen molar-refractivity contribution in [3.63, 3.8) is 0 Å². The van der Waals surface area contributed by atoms with Gasteiger partial charge in [-0.3, -0.25) is 11.3 Å². The van der Waals surface area contributed by atoms with Crippen LogP contribution in [-0.4, -0.2) is 16.5 Å². The van der Waals surface area contributed by atoms with Crippen LogP contribution < -0.4 is 11.3 Å². The Kier molecular flexibility index (Phi) is 4.30. The zero-order chi connectivity index (χ0) is 13.2. The van der Waals surface area contributed by atoms with Crippen molar-refractivity contribution in [2.24, 2.45) is 5.84 Å². The van der Waals surface area contributed by atoms with Crippen LogP contribution in [0.2, 0.25) is 0 Å². The lowest BCUT2D eigenvalue weighted by Gasteiger charge is -2.33. The minimum Gasteiger partial charge on any atom is -0.271 e. The molecule has 1 heterocycles. The van der Waals surface area contributed by atoms with E-state index in [1.807, 2.05) is 24.8 Å². The maximum Gasteiger partial charge on any atom is 0.123 e. The molecule has 1 saturated heterocycles. The monoisotopic (exact) mass is 268 g/mol. The van der Waals surface area contributed by atoms with Gasteiger partial charge in [0, 0.05) is 10.8 Å². The van der Waals surface area contributed by atoms with E-state index >= 15 is 0 Å². The first-order chi connectivity index (χ1) is 8.55. The summed E-state index contributed by atoms with van der Waals surface area (Å²) in [5.41, 5.74) is 5.14.